The number of carbonyl (C=O) groups excluding carboxylic acids is 2. The van der Waals surface area contributed by atoms with Crippen LogP contribution in [0.25, 0.3) is 0 Å². The van der Waals surface area contributed by atoms with Gasteiger partial charge in [0.05, 0.1) is 12.6 Å². The van der Waals surface area contributed by atoms with Gasteiger partial charge in [0, 0.05) is 24.2 Å². The van der Waals surface area contributed by atoms with Crippen LogP contribution in [0, 0.1) is 11.3 Å². The highest BCUT2D eigenvalue weighted by molar-refractivity contribution is 5.96. The number of amides is 2. The van der Waals surface area contributed by atoms with Crippen molar-refractivity contribution in [2.24, 2.45) is 0 Å². The van der Waals surface area contributed by atoms with Gasteiger partial charge in [-0.1, -0.05) is 0 Å². The molecule has 0 radical (unpaired) electrons. The predicted molar refractivity (Wildman–Crippen MR) is 75.7 cm³/mol. The molecule has 1 rings (SSSR count). The molecule has 1 aromatic rings. The number of nitriles is 1. The molecule has 4 N–H and O–H groups in total. The number of hydrogen-bond donors (Lipinski definition) is 3. The summed E-state index contributed by atoms with van der Waals surface area (Å²) in [5.74, 6) is -0.560. The number of hydrogen-bond acceptors (Lipinski definition) is 4. The number of nitrogens with two attached hydrogens (primary N) is 1. The maximum absolute atomic E-state index is 11.7. The molecule has 0 saturated carbocycles. The van der Waals surface area contributed by atoms with E-state index in [1.807, 2.05) is 6.07 Å². The second-order valence-electron chi connectivity index (χ2n) is 4.27. The van der Waals surface area contributed by atoms with Crippen molar-refractivity contribution in [3.8, 4) is 6.07 Å². The van der Waals surface area contributed by atoms with Crippen molar-refractivity contribution in [1.82, 2.24) is 10.6 Å². The van der Waals surface area contributed by atoms with Gasteiger partial charge in [-0.2, -0.15) is 5.26 Å². The first-order valence-electron chi connectivity index (χ1n) is 6.41. The fourth-order valence-electron chi connectivity index (χ4n) is 1.52. The lowest BCUT2D eigenvalue weighted by Crippen LogP contribution is -2.37. The number of nitrogens with zero attached hydrogens (tertiary/aromatic N) is 1. The standard InChI is InChI=1S/C14H18N4O2/c15-8-2-1-3-9-17-13(19)10-18-14(20)11-4-6-12(16)7-5-11/h4-7H,1-3,9-10,16H2,(H,17,19)(H,18,20). The molecule has 0 unspecified atom stereocenters. The smallest absolute Gasteiger partial charge is 0.251 e. The quantitative estimate of drug-likeness (QED) is 0.505. The maximum Gasteiger partial charge on any atom is 0.251 e. The summed E-state index contributed by atoms with van der Waals surface area (Å²) in [6.45, 7) is 0.444. The van der Waals surface area contributed by atoms with Crippen molar-refractivity contribution in [3.63, 3.8) is 0 Å². The Kier molecular flexibility index (Phi) is 6.62. The molecule has 0 spiro atoms. The van der Waals surface area contributed by atoms with Gasteiger partial charge in [0.15, 0.2) is 0 Å². The molecule has 0 aromatic heterocycles. The van der Waals surface area contributed by atoms with E-state index in [0.717, 1.165) is 12.8 Å². The number of carbonyl (C=O) groups is 2. The molecule has 0 heterocycles. The normalized spacial score (nSPS) is 9.55. The molecule has 6 heteroatoms. The van der Waals surface area contributed by atoms with Gasteiger partial charge in [0.2, 0.25) is 5.91 Å². The first kappa shape index (κ1) is 15.5. The summed E-state index contributed by atoms with van der Waals surface area (Å²) in [6, 6.07) is 8.50. The summed E-state index contributed by atoms with van der Waals surface area (Å²) in [5, 5.41) is 13.6. The van der Waals surface area contributed by atoms with Gasteiger partial charge < -0.3 is 16.4 Å². The summed E-state index contributed by atoms with van der Waals surface area (Å²) < 4.78 is 0. The van der Waals surface area contributed by atoms with Crippen molar-refractivity contribution in [2.45, 2.75) is 19.3 Å². The summed E-state index contributed by atoms with van der Waals surface area (Å²) in [5.41, 5.74) is 6.56. The van der Waals surface area contributed by atoms with Crippen LogP contribution in [0.1, 0.15) is 29.6 Å². The van der Waals surface area contributed by atoms with Gasteiger partial charge in [-0.25, -0.2) is 0 Å². The lowest BCUT2D eigenvalue weighted by molar-refractivity contribution is -0.120. The Morgan fingerprint density at radius 3 is 2.50 bits per heavy atom. The SMILES string of the molecule is N#CCCCCNC(=O)CNC(=O)c1ccc(N)cc1. The number of anilines is 1. The van der Waals surface area contributed by atoms with E-state index in [1.165, 1.54) is 0 Å². The highest BCUT2D eigenvalue weighted by Crippen LogP contribution is 2.04. The average molecular weight is 274 g/mol. The number of rotatable bonds is 7. The third-order valence-electron chi connectivity index (χ3n) is 2.62. The van der Waals surface area contributed by atoms with E-state index < -0.39 is 0 Å². The Balaban J connectivity index is 2.22. The monoisotopic (exact) mass is 274 g/mol. The van der Waals surface area contributed by atoms with Crippen LogP contribution in [0.4, 0.5) is 5.69 Å². The first-order valence-corrected chi connectivity index (χ1v) is 6.41. The zero-order chi connectivity index (χ0) is 14.8. The minimum atomic E-state index is -0.315. The van der Waals surface area contributed by atoms with Crippen LogP contribution in [0.5, 0.6) is 0 Å². The van der Waals surface area contributed by atoms with Crippen LogP contribution in [0.2, 0.25) is 0 Å². The van der Waals surface area contributed by atoms with Crippen LogP contribution in [0.15, 0.2) is 24.3 Å². The Morgan fingerprint density at radius 1 is 1.15 bits per heavy atom. The van der Waals surface area contributed by atoms with Gasteiger partial charge in [0.25, 0.3) is 5.91 Å². The molecule has 0 saturated heterocycles. The molecular weight excluding hydrogens is 256 g/mol. The van der Waals surface area contributed by atoms with Crippen molar-refractivity contribution < 1.29 is 9.59 Å². The third kappa shape index (κ3) is 5.87. The van der Waals surface area contributed by atoms with Gasteiger partial charge >= 0.3 is 0 Å². The van der Waals surface area contributed by atoms with E-state index in [4.69, 9.17) is 11.0 Å². The summed E-state index contributed by atoms with van der Waals surface area (Å²) >= 11 is 0. The highest BCUT2D eigenvalue weighted by Gasteiger charge is 2.07. The van der Waals surface area contributed by atoms with E-state index in [0.29, 0.717) is 24.2 Å². The molecule has 0 aliphatic carbocycles. The van der Waals surface area contributed by atoms with Crippen molar-refractivity contribution in [3.05, 3.63) is 29.8 Å². The number of nitrogens with one attached hydrogen (secondary N) is 2. The van der Waals surface area contributed by atoms with E-state index in [2.05, 4.69) is 10.6 Å². The molecular formula is C14H18N4O2. The molecule has 6 nitrogen and oxygen atoms in total. The van der Waals surface area contributed by atoms with Crippen molar-refractivity contribution >= 4 is 17.5 Å². The largest absolute Gasteiger partial charge is 0.399 e. The minimum Gasteiger partial charge on any atom is -0.399 e. The number of benzene rings is 1. The minimum absolute atomic E-state index is 0.0680. The molecule has 2 amide bonds. The first-order chi connectivity index (χ1) is 9.63. The molecule has 20 heavy (non-hydrogen) atoms. The average Bonchev–Trinajstić information content (AvgIpc) is 2.45. The highest BCUT2D eigenvalue weighted by atomic mass is 16.2. The van der Waals surface area contributed by atoms with Gasteiger partial charge in [0.1, 0.15) is 0 Å². The zero-order valence-corrected chi connectivity index (χ0v) is 11.2. The van der Waals surface area contributed by atoms with Crippen LogP contribution in [0.3, 0.4) is 0 Å². The van der Waals surface area contributed by atoms with Crippen LogP contribution in [-0.2, 0) is 4.79 Å². The fraction of sp³-hybridized carbons (Fsp3) is 0.357. The maximum atomic E-state index is 11.7. The topological polar surface area (TPSA) is 108 Å². The van der Waals surface area contributed by atoms with Crippen LogP contribution < -0.4 is 16.4 Å². The summed E-state index contributed by atoms with van der Waals surface area (Å²) in [6.07, 6.45) is 2.00. The van der Waals surface area contributed by atoms with E-state index in [9.17, 15) is 9.59 Å². The Bertz CT molecular complexity index is 491. The lowest BCUT2D eigenvalue weighted by atomic mass is 10.2. The number of unbranched alkanes of at least 4 members (excludes halogenated alkanes) is 2. The van der Waals surface area contributed by atoms with Crippen LogP contribution in [-0.4, -0.2) is 24.9 Å². The third-order valence-corrected chi connectivity index (χ3v) is 2.62. The predicted octanol–water partition coefficient (Wildman–Crippen LogP) is 0.809. The molecule has 0 aliphatic heterocycles. The Labute approximate surface area is 118 Å². The van der Waals surface area contributed by atoms with Crippen LogP contribution >= 0.6 is 0 Å². The van der Waals surface area contributed by atoms with Crippen molar-refractivity contribution in [2.75, 3.05) is 18.8 Å². The molecule has 1 aromatic carbocycles. The van der Waals surface area contributed by atoms with Gasteiger partial charge in [-0.05, 0) is 37.1 Å². The van der Waals surface area contributed by atoms with Gasteiger partial charge in [-0.15, -0.1) is 0 Å². The Hall–Kier alpha value is -2.55. The molecule has 0 bridgehead atoms. The second kappa shape index (κ2) is 8.53. The van der Waals surface area contributed by atoms with Crippen molar-refractivity contribution in [1.29, 1.82) is 5.26 Å². The zero-order valence-electron chi connectivity index (χ0n) is 11.2. The Morgan fingerprint density at radius 2 is 1.85 bits per heavy atom. The fourth-order valence-corrected chi connectivity index (χ4v) is 1.52. The van der Waals surface area contributed by atoms with E-state index >= 15 is 0 Å². The molecule has 0 atom stereocenters. The second-order valence-corrected chi connectivity index (χ2v) is 4.27. The number of nitrogen functional groups attached to an aromatic ring is 1. The summed E-state index contributed by atoms with van der Waals surface area (Å²) in [4.78, 5) is 23.2. The molecule has 0 fully saturated rings. The van der Waals surface area contributed by atoms with Gasteiger partial charge in [-0.3, -0.25) is 9.59 Å². The summed E-state index contributed by atoms with van der Waals surface area (Å²) in [7, 11) is 0. The lowest BCUT2D eigenvalue weighted by Gasteiger charge is -2.06. The molecule has 106 valence electrons. The molecule has 0 aliphatic rings. The van der Waals surface area contributed by atoms with E-state index in [-0.39, 0.29) is 18.4 Å². The van der Waals surface area contributed by atoms with E-state index in [1.54, 1.807) is 24.3 Å².